The Kier molecular flexibility index (Phi) is 4.88. The van der Waals surface area contributed by atoms with Gasteiger partial charge in [0, 0.05) is 38.4 Å². The maximum absolute atomic E-state index is 13.9. The third-order valence-corrected chi connectivity index (χ3v) is 6.03. The first kappa shape index (κ1) is 18.2. The van der Waals surface area contributed by atoms with Crippen LogP contribution in [0.3, 0.4) is 0 Å². The van der Waals surface area contributed by atoms with Crippen molar-refractivity contribution < 1.29 is 22.0 Å². The Morgan fingerprint density at radius 1 is 1.12 bits per heavy atom. The Morgan fingerprint density at radius 3 is 2.42 bits per heavy atom. The van der Waals surface area contributed by atoms with E-state index in [4.69, 9.17) is 5.73 Å². The molecule has 1 aromatic carbocycles. The number of carbonyl (C=O) groups excluding carboxylic acids is 1. The Morgan fingerprint density at radius 2 is 1.81 bits per heavy atom. The van der Waals surface area contributed by atoms with Crippen LogP contribution in [0.5, 0.6) is 0 Å². The van der Waals surface area contributed by atoms with E-state index in [1.807, 2.05) is 0 Å². The second-order valence-corrected chi connectivity index (χ2v) is 7.61. The summed E-state index contributed by atoms with van der Waals surface area (Å²) in [6, 6.07) is 5.48. The fourth-order valence-electron chi connectivity index (χ4n) is 2.81. The number of hydrogen-bond donors (Lipinski definition) is 1. The van der Waals surface area contributed by atoms with Crippen LogP contribution in [-0.4, -0.2) is 49.8 Å². The zero-order valence-corrected chi connectivity index (χ0v) is 14.4. The normalized spacial score (nSPS) is 15.8. The van der Waals surface area contributed by atoms with E-state index in [-0.39, 0.29) is 31.7 Å². The SMILES string of the molecule is NC(=O)c1cccnc1N1CCN(S(=O)(=O)c2ccc(F)cc2F)CC1. The summed E-state index contributed by atoms with van der Waals surface area (Å²) in [6.07, 6.45) is 1.51. The van der Waals surface area contributed by atoms with Crippen LogP contribution in [0, 0.1) is 11.6 Å². The number of piperazine rings is 1. The van der Waals surface area contributed by atoms with Gasteiger partial charge in [0.05, 0.1) is 5.56 Å². The van der Waals surface area contributed by atoms with Gasteiger partial charge in [-0.25, -0.2) is 22.2 Å². The Hall–Kier alpha value is -2.59. The third kappa shape index (κ3) is 3.37. The molecule has 0 bridgehead atoms. The maximum Gasteiger partial charge on any atom is 0.252 e. The molecule has 0 atom stereocenters. The van der Waals surface area contributed by atoms with Gasteiger partial charge in [0.1, 0.15) is 22.3 Å². The number of rotatable bonds is 4. The first-order valence-electron chi connectivity index (χ1n) is 7.75. The minimum absolute atomic E-state index is 0.0634. The Labute approximate surface area is 149 Å². The summed E-state index contributed by atoms with van der Waals surface area (Å²) in [6.45, 7) is 0.626. The minimum atomic E-state index is -4.09. The highest BCUT2D eigenvalue weighted by molar-refractivity contribution is 7.89. The lowest BCUT2D eigenvalue weighted by Gasteiger charge is -2.35. The van der Waals surface area contributed by atoms with E-state index < -0.39 is 32.5 Å². The van der Waals surface area contributed by atoms with Gasteiger partial charge in [0.2, 0.25) is 10.0 Å². The highest BCUT2D eigenvalue weighted by Crippen LogP contribution is 2.24. The molecule has 10 heteroatoms. The molecule has 1 saturated heterocycles. The van der Waals surface area contributed by atoms with E-state index in [1.54, 1.807) is 17.0 Å². The number of primary amides is 1. The number of nitrogens with zero attached hydrogens (tertiary/aromatic N) is 3. The number of hydrogen-bond acceptors (Lipinski definition) is 5. The highest BCUT2D eigenvalue weighted by Gasteiger charge is 2.31. The van der Waals surface area contributed by atoms with Crippen LogP contribution < -0.4 is 10.6 Å². The summed E-state index contributed by atoms with van der Waals surface area (Å²) in [7, 11) is -4.09. The maximum atomic E-state index is 13.9. The Balaban J connectivity index is 1.79. The molecule has 1 aromatic heterocycles. The quantitative estimate of drug-likeness (QED) is 0.850. The molecule has 1 aliphatic rings. The van der Waals surface area contributed by atoms with Crippen LogP contribution in [0.1, 0.15) is 10.4 Å². The first-order chi connectivity index (χ1) is 12.3. The summed E-state index contributed by atoms with van der Waals surface area (Å²) in [5.41, 5.74) is 5.58. The first-order valence-corrected chi connectivity index (χ1v) is 9.19. The van der Waals surface area contributed by atoms with Crippen molar-refractivity contribution in [1.82, 2.24) is 9.29 Å². The molecule has 2 aromatic rings. The molecule has 26 heavy (non-hydrogen) atoms. The number of anilines is 1. The van der Waals surface area contributed by atoms with Gasteiger partial charge in [-0.15, -0.1) is 0 Å². The molecule has 1 amide bonds. The molecule has 3 rings (SSSR count). The van der Waals surface area contributed by atoms with E-state index >= 15 is 0 Å². The summed E-state index contributed by atoms with van der Waals surface area (Å²) >= 11 is 0. The van der Waals surface area contributed by atoms with Gasteiger partial charge < -0.3 is 10.6 Å². The number of nitrogens with two attached hydrogens (primary N) is 1. The summed E-state index contributed by atoms with van der Waals surface area (Å²) < 4.78 is 53.2. The van der Waals surface area contributed by atoms with Gasteiger partial charge >= 0.3 is 0 Å². The van der Waals surface area contributed by atoms with Crippen molar-refractivity contribution >= 4 is 21.7 Å². The fourth-order valence-corrected chi connectivity index (χ4v) is 4.27. The predicted octanol–water partition coefficient (Wildman–Crippen LogP) is 0.970. The standard InChI is InChI=1S/C16H16F2N4O3S/c17-11-3-4-14(13(18)10-11)26(24,25)22-8-6-21(7-9-22)16-12(15(19)23)2-1-5-20-16/h1-5,10H,6-9H2,(H2,19,23). The summed E-state index contributed by atoms with van der Waals surface area (Å²) in [5, 5.41) is 0. The van der Waals surface area contributed by atoms with Gasteiger partial charge in [-0.2, -0.15) is 4.31 Å². The van der Waals surface area contributed by atoms with E-state index in [0.717, 1.165) is 16.4 Å². The van der Waals surface area contributed by atoms with Crippen molar-refractivity contribution in [3.63, 3.8) is 0 Å². The molecule has 1 fully saturated rings. The van der Waals surface area contributed by atoms with Gasteiger partial charge in [-0.05, 0) is 24.3 Å². The smallest absolute Gasteiger partial charge is 0.252 e. The number of amides is 1. The molecule has 1 aliphatic heterocycles. The lowest BCUT2D eigenvalue weighted by molar-refractivity contribution is 0.1000. The molecule has 7 nitrogen and oxygen atoms in total. The molecular weight excluding hydrogens is 366 g/mol. The number of benzene rings is 1. The van der Waals surface area contributed by atoms with Crippen LogP contribution in [0.15, 0.2) is 41.4 Å². The van der Waals surface area contributed by atoms with Crippen LogP contribution in [0.4, 0.5) is 14.6 Å². The fraction of sp³-hybridized carbons (Fsp3) is 0.250. The summed E-state index contributed by atoms with van der Waals surface area (Å²) in [5.74, 6) is -2.23. The largest absolute Gasteiger partial charge is 0.365 e. The number of halogens is 2. The number of sulfonamides is 1. The Bertz CT molecular complexity index is 944. The van der Waals surface area contributed by atoms with E-state index in [1.165, 1.54) is 6.20 Å². The van der Waals surface area contributed by atoms with Crippen molar-refractivity contribution in [2.45, 2.75) is 4.90 Å². The lowest BCUT2D eigenvalue weighted by Crippen LogP contribution is -2.49. The monoisotopic (exact) mass is 382 g/mol. The average molecular weight is 382 g/mol. The highest BCUT2D eigenvalue weighted by atomic mass is 32.2. The molecule has 0 spiro atoms. The molecule has 2 N–H and O–H groups in total. The third-order valence-electron chi connectivity index (χ3n) is 4.10. The van der Waals surface area contributed by atoms with Crippen LogP contribution in [0.25, 0.3) is 0 Å². The van der Waals surface area contributed by atoms with Crippen LogP contribution in [0.2, 0.25) is 0 Å². The minimum Gasteiger partial charge on any atom is -0.365 e. The van der Waals surface area contributed by atoms with Crippen molar-refractivity contribution in [3.8, 4) is 0 Å². The van der Waals surface area contributed by atoms with Crippen LogP contribution >= 0.6 is 0 Å². The zero-order chi connectivity index (χ0) is 18.9. The number of pyridine rings is 1. The average Bonchev–Trinajstić information content (AvgIpc) is 2.61. The van der Waals surface area contributed by atoms with Crippen LogP contribution in [-0.2, 0) is 10.0 Å². The molecule has 0 unspecified atom stereocenters. The molecular formula is C16H16F2N4O3S. The second kappa shape index (κ2) is 6.96. The zero-order valence-electron chi connectivity index (χ0n) is 13.6. The molecule has 138 valence electrons. The van der Waals surface area contributed by atoms with Gasteiger partial charge in [0.15, 0.2) is 0 Å². The van der Waals surface area contributed by atoms with Crippen molar-refractivity contribution in [3.05, 3.63) is 53.7 Å². The van der Waals surface area contributed by atoms with Gasteiger partial charge in [0.25, 0.3) is 5.91 Å². The molecule has 0 aliphatic carbocycles. The molecule has 0 radical (unpaired) electrons. The van der Waals surface area contributed by atoms with Crippen molar-refractivity contribution in [2.24, 2.45) is 5.73 Å². The van der Waals surface area contributed by atoms with Crippen molar-refractivity contribution in [2.75, 3.05) is 31.1 Å². The van der Waals surface area contributed by atoms with E-state index in [0.29, 0.717) is 11.9 Å². The van der Waals surface area contributed by atoms with Crippen molar-refractivity contribution in [1.29, 1.82) is 0 Å². The molecule has 0 saturated carbocycles. The molecule has 2 heterocycles. The van der Waals surface area contributed by atoms with E-state index in [2.05, 4.69) is 4.98 Å². The lowest BCUT2D eigenvalue weighted by atomic mass is 10.2. The topological polar surface area (TPSA) is 96.6 Å². The number of carbonyl (C=O) groups is 1. The second-order valence-electron chi connectivity index (χ2n) is 5.70. The van der Waals surface area contributed by atoms with Gasteiger partial charge in [-0.3, -0.25) is 4.79 Å². The van der Waals surface area contributed by atoms with Gasteiger partial charge in [-0.1, -0.05) is 0 Å². The summed E-state index contributed by atoms with van der Waals surface area (Å²) in [4.78, 5) is 16.8. The predicted molar refractivity (Wildman–Crippen MR) is 90.1 cm³/mol. The van der Waals surface area contributed by atoms with E-state index in [9.17, 15) is 22.0 Å². The number of aromatic nitrogens is 1.